The van der Waals surface area contributed by atoms with E-state index in [9.17, 15) is 0 Å². The predicted molar refractivity (Wildman–Crippen MR) is 108 cm³/mol. The van der Waals surface area contributed by atoms with Crippen LogP contribution >= 0.6 is 11.3 Å². The first kappa shape index (κ1) is 15.8. The molecule has 4 heterocycles. The molecule has 0 bridgehead atoms. The van der Waals surface area contributed by atoms with E-state index in [2.05, 4.69) is 45.6 Å². The molecule has 1 N–H and O–H groups in total. The molecule has 0 amide bonds. The third-order valence-electron chi connectivity index (χ3n) is 4.26. The first-order chi connectivity index (χ1) is 13.3. The highest BCUT2D eigenvalue weighted by atomic mass is 32.1. The second-order valence-electron chi connectivity index (χ2n) is 5.99. The van der Waals surface area contributed by atoms with Gasteiger partial charge < -0.3 is 10.1 Å². The van der Waals surface area contributed by atoms with Gasteiger partial charge in [0.2, 0.25) is 5.88 Å². The maximum atomic E-state index is 5.17. The van der Waals surface area contributed by atoms with Crippen molar-refractivity contribution >= 4 is 38.6 Å². The Bertz CT molecular complexity index is 1230. The van der Waals surface area contributed by atoms with Crippen LogP contribution in [-0.4, -0.2) is 26.7 Å². The standard InChI is InChI=1S/C20H15N5OS/c1-26-20-11-14(8-9-21-20)23-18-6-7-19-22-12-15(25(19)24-18)17-10-13-4-2-3-5-16(13)27-17/h2-12H,1H3,(H,21,23,24). The van der Waals surface area contributed by atoms with Crippen LogP contribution in [-0.2, 0) is 0 Å². The van der Waals surface area contributed by atoms with Gasteiger partial charge in [-0.05, 0) is 35.7 Å². The van der Waals surface area contributed by atoms with Gasteiger partial charge in [-0.15, -0.1) is 16.4 Å². The summed E-state index contributed by atoms with van der Waals surface area (Å²) in [4.78, 5) is 9.75. The van der Waals surface area contributed by atoms with E-state index in [1.165, 1.54) is 10.1 Å². The largest absolute Gasteiger partial charge is 0.481 e. The lowest BCUT2D eigenvalue weighted by molar-refractivity contribution is 0.398. The number of pyridine rings is 1. The fourth-order valence-electron chi connectivity index (χ4n) is 2.96. The molecule has 0 atom stereocenters. The summed E-state index contributed by atoms with van der Waals surface area (Å²) in [6, 6.07) is 18.1. The van der Waals surface area contributed by atoms with Gasteiger partial charge in [0.25, 0.3) is 0 Å². The zero-order valence-electron chi connectivity index (χ0n) is 14.5. The number of hydrogen-bond acceptors (Lipinski definition) is 6. The lowest BCUT2D eigenvalue weighted by Gasteiger charge is -2.07. The Kier molecular flexibility index (Phi) is 3.72. The maximum absolute atomic E-state index is 5.17. The number of ether oxygens (including phenoxy) is 1. The SMILES string of the molecule is COc1cc(Nc2ccc3ncc(-c4cc5ccccc5s4)n3n2)ccn1. The highest BCUT2D eigenvalue weighted by Crippen LogP contribution is 2.33. The van der Waals surface area contributed by atoms with Crippen LogP contribution in [0.15, 0.2) is 67.0 Å². The van der Waals surface area contributed by atoms with Crippen molar-refractivity contribution in [1.82, 2.24) is 19.6 Å². The number of anilines is 2. The van der Waals surface area contributed by atoms with E-state index < -0.39 is 0 Å². The second kappa shape index (κ2) is 6.37. The van der Waals surface area contributed by atoms with Crippen LogP contribution in [0.2, 0.25) is 0 Å². The highest BCUT2D eigenvalue weighted by molar-refractivity contribution is 7.22. The van der Waals surface area contributed by atoms with E-state index in [4.69, 9.17) is 9.84 Å². The van der Waals surface area contributed by atoms with E-state index in [-0.39, 0.29) is 0 Å². The second-order valence-corrected chi connectivity index (χ2v) is 7.08. The fourth-order valence-corrected chi connectivity index (χ4v) is 4.02. The molecule has 0 fully saturated rings. The third kappa shape index (κ3) is 2.88. The van der Waals surface area contributed by atoms with Gasteiger partial charge in [-0.3, -0.25) is 0 Å². The van der Waals surface area contributed by atoms with Crippen LogP contribution in [0.1, 0.15) is 0 Å². The van der Waals surface area contributed by atoms with Gasteiger partial charge in [0.15, 0.2) is 11.5 Å². The minimum Gasteiger partial charge on any atom is -0.481 e. The van der Waals surface area contributed by atoms with Crippen LogP contribution in [0.4, 0.5) is 11.5 Å². The summed E-state index contributed by atoms with van der Waals surface area (Å²) in [7, 11) is 1.60. The lowest BCUT2D eigenvalue weighted by atomic mass is 10.2. The first-order valence-corrected chi connectivity index (χ1v) is 9.22. The highest BCUT2D eigenvalue weighted by Gasteiger charge is 2.11. The average Bonchev–Trinajstić information content (AvgIpc) is 3.31. The molecule has 4 aromatic heterocycles. The van der Waals surface area contributed by atoms with Crippen molar-refractivity contribution in [1.29, 1.82) is 0 Å². The number of imidazole rings is 1. The number of nitrogens with zero attached hydrogens (tertiary/aromatic N) is 4. The molecule has 27 heavy (non-hydrogen) atoms. The Balaban J connectivity index is 1.55. The number of benzene rings is 1. The van der Waals surface area contributed by atoms with Crippen LogP contribution in [0.3, 0.4) is 0 Å². The molecule has 0 aliphatic carbocycles. The summed E-state index contributed by atoms with van der Waals surface area (Å²) in [5, 5.41) is 9.24. The molecule has 0 saturated heterocycles. The molecule has 5 rings (SSSR count). The molecule has 0 spiro atoms. The van der Waals surface area contributed by atoms with Crippen LogP contribution in [0.5, 0.6) is 5.88 Å². The monoisotopic (exact) mass is 373 g/mol. The van der Waals surface area contributed by atoms with Gasteiger partial charge >= 0.3 is 0 Å². The van der Waals surface area contributed by atoms with Crippen molar-refractivity contribution in [2.75, 3.05) is 12.4 Å². The summed E-state index contributed by atoms with van der Waals surface area (Å²) < 4.78 is 8.29. The van der Waals surface area contributed by atoms with Crippen molar-refractivity contribution in [2.45, 2.75) is 0 Å². The van der Waals surface area contributed by atoms with E-state index in [0.29, 0.717) is 5.88 Å². The summed E-state index contributed by atoms with van der Waals surface area (Å²) in [6.07, 6.45) is 3.56. The molecule has 5 aromatic rings. The normalized spacial score (nSPS) is 11.1. The van der Waals surface area contributed by atoms with Gasteiger partial charge in [0.05, 0.1) is 18.2 Å². The topological polar surface area (TPSA) is 64.3 Å². The first-order valence-electron chi connectivity index (χ1n) is 8.41. The van der Waals surface area contributed by atoms with Crippen molar-refractivity contribution < 1.29 is 4.74 Å². The molecule has 0 radical (unpaired) electrons. The van der Waals surface area contributed by atoms with Crippen LogP contribution < -0.4 is 10.1 Å². The quantitative estimate of drug-likeness (QED) is 0.492. The number of thiophene rings is 1. The summed E-state index contributed by atoms with van der Waals surface area (Å²) in [6.45, 7) is 0. The number of hydrogen-bond donors (Lipinski definition) is 1. The number of fused-ring (bicyclic) bond motifs is 2. The van der Waals surface area contributed by atoms with Gasteiger partial charge in [-0.1, -0.05) is 18.2 Å². The van der Waals surface area contributed by atoms with Gasteiger partial charge in [-0.2, -0.15) is 0 Å². The van der Waals surface area contributed by atoms with Crippen molar-refractivity contribution in [3.05, 3.63) is 67.0 Å². The predicted octanol–water partition coefficient (Wildman–Crippen LogP) is 4.76. The summed E-state index contributed by atoms with van der Waals surface area (Å²) >= 11 is 1.74. The maximum Gasteiger partial charge on any atom is 0.214 e. The lowest BCUT2D eigenvalue weighted by Crippen LogP contribution is -2.00. The van der Waals surface area contributed by atoms with Crippen LogP contribution in [0, 0.1) is 0 Å². The molecule has 1 aromatic carbocycles. The molecular formula is C20H15N5OS. The summed E-state index contributed by atoms with van der Waals surface area (Å²) in [5.41, 5.74) is 2.64. The third-order valence-corrected chi connectivity index (χ3v) is 5.40. The Hall–Kier alpha value is -3.45. The summed E-state index contributed by atoms with van der Waals surface area (Å²) in [5.74, 6) is 1.27. The molecule has 0 aliphatic rings. The molecule has 0 unspecified atom stereocenters. The van der Waals surface area contributed by atoms with Gasteiger partial charge in [-0.25, -0.2) is 14.5 Å². The van der Waals surface area contributed by atoms with E-state index in [1.54, 1.807) is 24.6 Å². The number of nitrogens with one attached hydrogen (secondary N) is 1. The zero-order valence-corrected chi connectivity index (χ0v) is 15.3. The van der Waals surface area contributed by atoms with Crippen LogP contribution in [0.25, 0.3) is 26.3 Å². The number of methoxy groups -OCH3 is 1. The molecule has 0 aliphatic heterocycles. The average molecular weight is 373 g/mol. The Morgan fingerprint density at radius 1 is 1.04 bits per heavy atom. The molecular weight excluding hydrogens is 358 g/mol. The Morgan fingerprint density at radius 2 is 1.96 bits per heavy atom. The molecule has 7 heteroatoms. The number of rotatable bonds is 4. The minimum atomic E-state index is 0.551. The van der Waals surface area contributed by atoms with Gasteiger partial charge in [0, 0.05) is 22.7 Å². The van der Waals surface area contributed by atoms with Gasteiger partial charge in [0.1, 0.15) is 5.69 Å². The smallest absolute Gasteiger partial charge is 0.214 e. The fraction of sp³-hybridized carbons (Fsp3) is 0.0500. The minimum absolute atomic E-state index is 0.551. The van der Waals surface area contributed by atoms with Crippen molar-refractivity contribution in [3.63, 3.8) is 0 Å². The zero-order chi connectivity index (χ0) is 18.2. The Labute approximate surface area is 159 Å². The van der Waals surface area contributed by atoms with E-state index >= 15 is 0 Å². The molecule has 6 nitrogen and oxygen atoms in total. The molecule has 0 saturated carbocycles. The Morgan fingerprint density at radius 3 is 2.85 bits per heavy atom. The number of aromatic nitrogens is 4. The van der Waals surface area contributed by atoms with E-state index in [1.807, 2.05) is 35.0 Å². The van der Waals surface area contributed by atoms with Crippen molar-refractivity contribution in [3.8, 4) is 16.5 Å². The van der Waals surface area contributed by atoms with E-state index in [0.717, 1.165) is 27.7 Å². The van der Waals surface area contributed by atoms with Crippen molar-refractivity contribution in [2.24, 2.45) is 0 Å². The molecule has 132 valence electrons.